The van der Waals surface area contributed by atoms with Gasteiger partial charge in [-0.1, -0.05) is 19.1 Å². The number of carbonyl (C=O) groups excluding carboxylic acids is 1. The molecule has 1 saturated heterocycles. The van der Waals surface area contributed by atoms with Gasteiger partial charge < -0.3 is 19.5 Å². The molecule has 0 spiro atoms. The fourth-order valence-corrected chi connectivity index (χ4v) is 3.04. The number of amides is 1. The first kappa shape index (κ1) is 16.5. The van der Waals surface area contributed by atoms with E-state index in [1.165, 1.54) is 11.8 Å². The Balaban J connectivity index is 1.54. The largest absolute Gasteiger partial charge is 0.459 e. The number of furan rings is 1. The van der Waals surface area contributed by atoms with Gasteiger partial charge in [-0.3, -0.25) is 4.79 Å². The van der Waals surface area contributed by atoms with Crippen molar-refractivity contribution in [2.75, 3.05) is 31.5 Å². The lowest BCUT2D eigenvalue weighted by atomic mass is 10.1. The van der Waals surface area contributed by atoms with Gasteiger partial charge in [0.15, 0.2) is 10.9 Å². The average molecular weight is 343 g/mol. The zero-order chi connectivity index (χ0) is 16.9. The number of carbonyl (C=O) groups is 1. The zero-order valence-corrected chi connectivity index (χ0v) is 14.5. The average Bonchev–Trinajstić information content (AvgIpc) is 3.16. The van der Waals surface area contributed by atoms with E-state index in [4.69, 9.17) is 16.6 Å². The van der Waals surface area contributed by atoms with E-state index < -0.39 is 0 Å². The highest BCUT2D eigenvalue weighted by Crippen LogP contribution is 2.14. The molecule has 0 unspecified atom stereocenters. The molecule has 0 radical (unpaired) electrons. The van der Waals surface area contributed by atoms with Gasteiger partial charge in [0.05, 0.1) is 6.26 Å². The molecule has 3 rings (SSSR count). The summed E-state index contributed by atoms with van der Waals surface area (Å²) in [5, 5.41) is 4.00. The van der Waals surface area contributed by atoms with Gasteiger partial charge in [-0.25, -0.2) is 0 Å². The first-order chi connectivity index (χ1) is 11.7. The summed E-state index contributed by atoms with van der Waals surface area (Å²) < 4.78 is 5.18. The Morgan fingerprint density at radius 2 is 1.92 bits per heavy atom. The zero-order valence-electron chi connectivity index (χ0n) is 13.7. The summed E-state index contributed by atoms with van der Waals surface area (Å²) in [6.07, 6.45) is 2.52. The van der Waals surface area contributed by atoms with Gasteiger partial charge in [-0.2, -0.15) is 0 Å². The van der Waals surface area contributed by atoms with Crippen LogP contribution in [0.2, 0.25) is 0 Å². The maximum Gasteiger partial charge on any atom is 0.289 e. The van der Waals surface area contributed by atoms with Crippen molar-refractivity contribution in [3.8, 4) is 0 Å². The number of nitrogens with one attached hydrogen (secondary N) is 1. The maximum absolute atomic E-state index is 12.3. The van der Waals surface area contributed by atoms with Crippen molar-refractivity contribution in [1.29, 1.82) is 0 Å². The summed E-state index contributed by atoms with van der Waals surface area (Å²) in [6.45, 7) is 4.83. The Kier molecular flexibility index (Phi) is 5.15. The molecule has 0 saturated carbocycles. The van der Waals surface area contributed by atoms with Crippen molar-refractivity contribution in [3.63, 3.8) is 0 Å². The highest BCUT2D eigenvalue weighted by atomic mass is 32.1. The van der Waals surface area contributed by atoms with Gasteiger partial charge >= 0.3 is 0 Å². The molecular weight excluding hydrogens is 322 g/mol. The molecule has 2 aromatic rings. The molecule has 126 valence electrons. The summed E-state index contributed by atoms with van der Waals surface area (Å²) in [5.41, 5.74) is 2.28. The van der Waals surface area contributed by atoms with Crippen LogP contribution in [0.15, 0.2) is 47.1 Å². The second-order valence-corrected chi connectivity index (χ2v) is 6.13. The van der Waals surface area contributed by atoms with Crippen LogP contribution in [-0.4, -0.2) is 47.0 Å². The van der Waals surface area contributed by atoms with Crippen LogP contribution in [-0.2, 0) is 6.42 Å². The Morgan fingerprint density at radius 1 is 1.17 bits per heavy atom. The molecule has 1 aromatic carbocycles. The number of hydrogen-bond donors (Lipinski definition) is 1. The standard InChI is InChI=1S/C18H21N3O2S/c1-2-14-5-3-6-15(13-14)19-18(24)21-10-8-20(9-11-21)17(22)16-7-4-12-23-16/h3-7,12-13H,2,8-11H2,1H3,(H,19,24). The Morgan fingerprint density at radius 3 is 2.58 bits per heavy atom. The van der Waals surface area contributed by atoms with Crippen molar-refractivity contribution in [1.82, 2.24) is 9.80 Å². The molecule has 1 aliphatic rings. The van der Waals surface area contributed by atoms with Crippen molar-refractivity contribution in [2.45, 2.75) is 13.3 Å². The second kappa shape index (κ2) is 7.49. The fraction of sp³-hybridized carbons (Fsp3) is 0.333. The molecule has 1 N–H and O–H groups in total. The minimum absolute atomic E-state index is 0.0609. The number of thiocarbonyl (C=S) groups is 1. The minimum atomic E-state index is -0.0609. The van der Waals surface area contributed by atoms with Gasteiger partial charge in [0.1, 0.15) is 0 Å². The SMILES string of the molecule is CCc1cccc(NC(=S)N2CCN(C(=O)c3ccco3)CC2)c1. The fourth-order valence-electron chi connectivity index (χ4n) is 2.74. The van der Waals surface area contributed by atoms with Crippen molar-refractivity contribution in [3.05, 3.63) is 54.0 Å². The van der Waals surface area contributed by atoms with Crippen molar-refractivity contribution < 1.29 is 9.21 Å². The lowest BCUT2D eigenvalue weighted by Crippen LogP contribution is -2.51. The van der Waals surface area contributed by atoms with E-state index in [-0.39, 0.29) is 5.91 Å². The molecule has 2 heterocycles. The van der Waals surface area contributed by atoms with Crippen LogP contribution in [0.25, 0.3) is 0 Å². The second-order valence-electron chi connectivity index (χ2n) is 5.74. The van der Waals surface area contributed by atoms with Crippen molar-refractivity contribution in [2.24, 2.45) is 0 Å². The lowest BCUT2D eigenvalue weighted by molar-refractivity contribution is 0.0661. The van der Waals surface area contributed by atoms with E-state index in [1.54, 1.807) is 17.0 Å². The Hall–Kier alpha value is -2.34. The van der Waals surface area contributed by atoms with E-state index >= 15 is 0 Å². The lowest BCUT2D eigenvalue weighted by Gasteiger charge is -2.35. The van der Waals surface area contributed by atoms with Crippen LogP contribution in [0, 0.1) is 0 Å². The number of nitrogens with zero attached hydrogens (tertiary/aromatic N) is 2. The first-order valence-electron chi connectivity index (χ1n) is 8.15. The monoisotopic (exact) mass is 343 g/mol. The summed E-state index contributed by atoms with van der Waals surface area (Å²) >= 11 is 5.51. The Labute approximate surface area is 147 Å². The van der Waals surface area contributed by atoms with Crippen LogP contribution in [0.3, 0.4) is 0 Å². The molecule has 1 aromatic heterocycles. The summed E-state index contributed by atoms with van der Waals surface area (Å²) in [7, 11) is 0. The van der Waals surface area contributed by atoms with Crippen LogP contribution < -0.4 is 5.32 Å². The molecule has 24 heavy (non-hydrogen) atoms. The van der Waals surface area contributed by atoms with Gasteiger partial charge in [-0.15, -0.1) is 0 Å². The normalized spacial score (nSPS) is 14.5. The van der Waals surface area contributed by atoms with Crippen LogP contribution >= 0.6 is 12.2 Å². The number of benzene rings is 1. The molecule has 6 heteroatoms. The van der Waals surface area contributed by atoms with E-state index in [2.05, 4.69) is 29.3 Å². The minimum Gasteiger partial charge on any atom is -0.459 e. The topological polar surface area (TPSA) is 48.7 Å². The van der Waals surface area contributed by atoms with Gasteiger partial charge in [0.2, 0.25) is 0 Å². The third kappa shape index (κ3) is 3.76. The third-order valence-corrected chi connectivity index (χ3v) is 4.53. The quantitative estimate of drug-likeness (QED) is 0.868. The van der Waals surface area contributed by atoms with Gasteiger partial charge in [0, 0.05) is 31.9 Å². The van der Waals surface area contributed by atoms with E-state index in [0.717, 1.165) is 12.1 Å². The van der Waals surface area contributed by atoms with E-state index in [0.29, 0.717) is 37.1 Å². The Bertz CT molecular complexity index is 707. The van der Waals surface area contributed by atoms with Crippen LogP contribution in [0.4, 0.5) is 5.69 Å². The summed E-state index contributed by atoms with van der Waals surface area (Å²) in [4.78, 5) is 16.2. The number of piperazine rings is 1. The molecule has 1 fully saturated rings. The number of anilines is 1. The van der Waals surface area contributed by atoms with Gasteiger partial charge in [-0.05, 0) is 48.5 Å². The van der Waals surface area contributed by atoms with Crippen molar-refractivity contribution >= 4 is 28.9 Å². The predicted octanol–water partition coefficient (Wildman–Crippen LogP) is 3.00. The molecule has 1 amide bonds. The molecule has 1 aliphatic heterocycles. The summed E-state index contributed by atoms with van der Waals surface area (Å²) in [6, 6.07) is 11.7. The van der Waals surface area contributed by atoms with Crippen LogP contribution in [0.1, 0.15) is 23.0 Å². The van der Waals surface area contributed by atoms with E-state index in [9.17, 15) is 4.79 Å². The summed E-state index contributed by atoms with van der Waals surface area (Å²) in [5.74, 6) is 0.328. The molecule has 0 bridgehead atoms. The highest BCUT2D eigenvalue weighted by Gasteiger charge is 2.24. The van der Waals surface area contributed by atoms with Gasteiger partial charge in [0.25, 0.3) is 5.91 Å². The number of hydrogen-bond acceptors (Lipinski definition) is 3. The molecule has 0 aliphatic carbocycles. The highest BCUT2D eigenvalue weighted by molar-refractivity contribution is 7.80. The predicted molar refractivity (Wildman–Crippen MR) is 98.2 cm³/mol. The van der Waals surface area contributed by atoms with Crippen LogP contribution in [0.5, 0.6) is 0 Å². The maximum atomic E-state index is 12.3. The third-order valence-electron chi connectivity index (χ3n) is 4.17. The molecule has 5 nitrogen and oxygen atoms in total. The van der Waals surface area contributed by atoms with E-state index in [1.807, 2.05) is 12.1 Å². The smallest absolute Gasteiger partial charge is 0.289 e. The molecular formula is C18H21N3O2S. The number of rotatable bonds is 3. The molecule has 0 atom stereocenters. The number of aryl methyl sites for hydroxylation is 1. The first-order valence-corrected chi connectivity index (χ1v) is 8.56.